The molecular formula is C20H21Cl2FN6O. The average Bonchev–Trinajstić information content (AvgIpc) is 3.24. The van der Waals surface area contributed by atoms with E-state index in [4.69, 9.17) is 33.7 Å². The Hall–Kier alpha value is -2.42. The van der Waals surface area contributed by atoms with E-state index < -0.39 is 11.9 Å². The number of benzene rings is 1. The number of ether oxygens (including phenoxy) is 1. The Morgan fingerprint density at radius 3 is 2.77 bits per heavy atom. The Kier molecular flexibility index (Phi) is 6.08. The molecule has 158 valence electrons. The Labute approximate surface area is 183 Å². The first kappa shape index (κ1) is 20.8. The number of piperidine rings is 1. The van der Waals surface area contributed by atoms with Gasteiger partial charge in [0.05, 0.1) is 17.5 Å². The molecule has 0 saturated carbocycles. The highest BCUT2D eigenvalue weighted by molar-refractivity contribution is 6.36. The summed E-state index contributed by atoms with van der Waals surface area (Å²) in [5.74, 6) is -0.373. The third-order valence-electron chi connectivity index (χ3n) is 5.14. The summed E-state index contributed by atoms with van der Waals surface area (Å²) in [7, 11) is 0. The lowest BCUT2D eigenvalue weighted by atomic mass is 10.1. The van der Waals surface area contributed by atoms with Gasteiger partial charge in [0.25, 0.3) is 5.88 Å². The van der Waals surface area contributed by atoms with Crippen LogP contribution in [-0.4, -0.2) is 32.6 Å². The monoisotopic (exact) mass is 450 g/mol. The normalized spacial score (nSPS) is 15.9. The van der Waals surface area contributed by atoms with E-state index in [9.17, 15) is 4.39 Å². The predicted molar refractivity (Wildman–Crippen MR) is 114 cm³/mol. The highest BCUT2D eigenvalue weighted by Gasteiger charge is 2.21. The maximum atomic E-state index is 13.9. The van der Waals surface area contributed by atoms with E-state index >= 15 is 0 Å². The molecule has 10 heteroatoms. The number of nitrogens with one attached hydrogen (secondary N) is 1. The van der Waals surface area contributed by atoms with Crippen molar-refractivity contribution in [2.45, 2.75) is 31.9 Å². The number of hydrogen-bond acceptors (Lipinski definition) is 6. The Morgan fingerprint density at radius 2 is 2.00 bits per heavy atom. The van der Waals surface area contributed by atoms with Gasteiger partial charge in [-0.15, -0.1) is 0 Å². The zero-order valence-electron chi connectivity index (χ0n) is 16.3. The molecule has 4 rings (SSSR count). The number of imidazole rings is 1. The molecule has 1 aromatic carbocycles. The Balaban J connectivity index is 1.58. The van der Waals surface area contributed by atoms with Gasteiger partial charge in [0.2, 0.25) is 0 Å². The first-order chi connectivity index (χ1) is 14.4. The van der Waals surface area contributed by atoms with E-state index in [2.05, 4.69) is 24.8 Å². The van der Waals surface area contributed by atoms with Crippen LogP contribution in [0.15, 0.2) is 30.9 Å². The summed E-state index contributed by atoms with van der Waals surface area (Å²) >= 11 is 12.3. The Morgan fingerprint density at radius 1 is 1.23 bits per heavy atom. The molecule has 0 radical (unpaired) electrons. The lowest BCUT2D eigenvalue weighted by molar-refractivity contribution is 0.218. The second-order valence-corrected chi connectivity index (χ2v) is 7.94. The van der Waals surface area contributed by atoms with Crippen molar-refractivity contribution in [3.05, 3.63) is 52.3 Å². The van der Waals surface area contributed by atoms with Crippen LogP contribution >= 0.6 is 23.2 Å². The molecular weight excluding hydrogens is 430 g/mol. The molecule has 1 saturated heterocycles. The predicted octanol–water partition coefficient (Wildman–Crippen LogP) is 4.43. The summed E-state index contributed by atoms with van der Waals surface area (Å²) in [6, 6.07) is 3.04. The van der Waals surface area contributed by atoms with Crippen LogP contribution in [0.3, 0.4) is 0 Å². The molecule has 1 aliphatic heterocycles. The maximum Gasteiger partial charge on any atom is 0.258 e. The molecule has 7 nitrogen and oxygen atoms in total. The van der Waals surface area contributed by atoms with Crippen molar-refractivity contribution >= 4 is 29.0 Å². The van der Waals surface area contributed by atoms with E-state index in [1.165, 1.54) is 12.1 Å². The minimum atomic E-state index is -0.695. The van der Waals surface area contributed by atoms with Gasteiger partial charge >= 0.3 is 0 Å². The van der Waals surface area contributed by atoms with Crippen LogP contribution in [-0.2, 0) is 0 Å². The molecule has 0 amide bonds. The Bertz CT molecular complexity index is 1050. The smallest absolute Gasteiger partial charge is 0.258 e. The van der Waals surface area contributed by atoms with Gasteiger partial charge in [0, 0.05) is 22.8 Å². The van der Waals surface area contributed by atoms with Crippen molar-refractivity contribution in [1.82, 2.24) is 24.8 Å². The van der Waals surface area contributed by atoms with E-state index in [0.717, 1.165) is 25.9 Å². The summed E-state index contributed by atoms with van der Waals surface area (Å²) in [4.78, 5) is 13.1. The molecule has 3 heterocycles. The molecule has 30 heavy (non-hydrogen) atoms. The van der Waals surface area contributed by atoms with Crippen molar-refractivity contribution in [3.63, 3.8) is 0 Å². The van der Waals surface area contributed by atoms with Crippen LogP contribution in [0.2, 0.25) is 10.0 Å². The van der Waals surface area contributed by atoms with Gasteiger partial charge in [-0.2, -0.15) is 0 Å². The summed E-state index contributed by atoms with van der Waals surface area (Å²) in [6.45, 7) is 3.66. The standard InChI is InChI=1S/C20H21Cl2FN6O/c1-11(17-13(21)2-3-14(23)18(17)22)30-20-19(24)26-8-15(28-20)16-9-29(10-27-16)12-4-6-25-7-5-12/h2-3,8-12,25H,4-7H2,1H3,(H2,24,26)/t11-/m1/s1. The third kappa shape index (κ3) is 4.21. The fraction of sp³-hybridized carbons (Fsp3) is 0.350. The minimum absolute atomic E-state index is 0.0987. The minimum Gasteiger partial charge on any atom is -0.467 e. The van der Waals surface area contributed by atoms with Crippen LogP contribution in [0.25, 0.3) is 11.4 Å². The summed E-state index contributed by atoms with van der Waals surface area (Å²) < 4.78 is 21.8. The molecule has 1 atom stereocenters. The zero-order valence-corrected chi connectivity index (χ0v) is 17.8. The van der Waals surface area contributed by atoms with Crippen molar-refractivity contribution in [2.75, 3.05) is 18.8 Å². The number of nitrogens with two attached hydrogens (primary N) is 1. The van der Waals surface area contributed by atoms with Gasteiger partial charge < -0.3 is 20.4 Å². The van der Waals surface area contributed by atoms with Crippen molar-refractivity contribution in [1.29, 1.82) is 0 Å². The van der Waals surface area contributed by atoms with Crippen molar-refractivity contribution in [3.8, 4) is 17.3 Å². The molecule has 3 N–H and O–H groups in total. The second-order valence-electron chi connectivity index (χ2n) is 7.15. The number of aromatic nitrogens is 4. The van der Waals surface area contributed by atoms with Gasteiger partial charge in [0.15, 0.2) is 5.82 Å². The molecule has 0 bridgehead atoms. The van der Waals surface area contributed by atoms with Gasteiger partial charge in [-0.1, -0.05) is 23.2 Å². The largest absolute Gasteiger partial charge is 0.467 e. The maximum absolute atomic E-state index is 13.9. The van der Waals surface area contributed by atoms with Gasteiger partial charge in [-0.25, -0.2) is 19.3 Å². The van der Waals surface area contributed by atoms with Crippen LogP contribution < -0.4 is 15.8 Å². The summed E-state index contributed by atoms with van der Waals surface area (Å²) in [6.07, 6.45) is 6.70. The SMILES string of the molecule is C[C@@H](Oc1nc(-c2cn(C3CCNCC3)cn2)cnc1N)c1c(Cl)ccc(F)c1Cl. The fourth-order valence-electron chi connectivity index (χ4n) is 3.51. The fourth-order valence-corrected chi connectivity index (χ4v) is 4.18. The number of anilines is 1. The summed E-state index contributed by atoms with van der Waals surface area (Å²) in [5.41, 5.74) is 7.46. The highest BCUT2D eigenvalue weighted by atomic mass is 35.5. The van der Waals surface area contributed by atoms with Crippen LogP contribution in [0.4, 0.5) is 10.2 Å². The number of halogens is 3. The molecule has 0 spiro atoms. The topological polar surface area (TPSA) is 90.9 Å². The van der Waals surface area contributed by atoms with Crippen LogP contribution in [0.5, 0.6) is 5.88 Å². The number of nitrogens with zero attached hydrogens (tertiary/aromatic N) is 4. The van der Waals surface area contributed by atoms with Crippen molar-refractivity contribution in [2.24, 2.45) is 0 Å². The molecule has 1 fully saturated rings. The zero-order chi connectivity index (χ0) is 21.3. The van der Waals surface area contributed by atoms with E-state index in [1.807, 2.05) is 6.20 Å². The summed E-state index contributed by atoms with van der Waals surface area (Å²) in [5, 5.41) is 3.54. The molecule has 1 aliphatic rings. The lowest BCUT2D eigenvalue weighted by Gasteiger charge is -2.23. The van der Waals surface area contributed by atoms with Gasteiger partial charge in [0.1, 0.15) is 23.3 Å². The molecule has 0 aliphatic carbocycles. The van der Waals surface area contributed by atoms with E-state index in [1.54, 1.807) is 19.4 Å². The van der Waals surface area contributed by atoms with Gasteiger partial charge in [-0.3, -0.25) is 0 Å². The highest BCUT2D eigenvalue weighted by Crippen LogP contribution is 2.35. The van der Waals surface area contributed by atoms with E-state index in [0.29, 0.717) is 23.0 Å². The molecule has 3 aromatic rings. The first-order valence-electron chi connectivity index (χ1n) is 9.61. The third-order valence-corrected chi connectivity index (χ3v) is 5.85. The number of hydrogen-bond donors (Lipinski definition) is 2. The average molecular weight is 451 g/mol. The number of nitrogen functional groups attached to an aromatic ring is 1. The molecule has 0 unspecified atom stereocenters. The van der Waals surface area contributed by atoms with E-state index in [-0.39, 0.29) is 21.7 Å². The van der Waals surface area contributed by atoms with Crippen LogP contribution in [0.1, 0.15) is 37.5 Å². The van der Waals surface area contributed by atoms with Crippen LogP contribution in [0, 0.1) is 5.82 Å². The second kappa shape index (κ2) is 8.75. The van der Waals surface area contributed by atoms with Gasteiger partial charge in [-0.05, 0) is 45.0 Å². The number of rotatable bonds is 5. The molecule has 2 aromatic heterocycles. The lowest BCUT2D eigenvalue weighted by Crippen LogP contribution is -2.28. The quantitative estimate of drug-likeness (QED) is 0.558. The van der Waals surface area contributed by atoms with Crippen molar-refractivity contribution < 1.29 is 9.13 Å². The first-order valence-corrected chi connectivity index (χ1v) is 10.4.